The summed E-state index contributed by atoms with van der Waals surface area (Å²) in [5.74, 6) is 0. The van der Waals surface area contributed by atoms with Crippen LogP contribution in [-0.4, -0.2) is 44.3 Å². The zero-order valence-corrected chi connectivity index (χ0v) is 12.7. The third kappa shape index (κ3) is 5.23. The first kappa shape index (κ1) is 15.5. The molecular formula is C17H28N2O. The molecular weight excluding hydrogens is 248 g/mol. The maximum absolute atomic E-state index is 5.38. The summed E-state index contributed by atoms with van der Waals surface area (Å²) < 4.78 is 5.38. The van der Waals surface area contributed by atoms with Crippen LogP contribution in [0.3, 0.4) is 0 Å². The maximum Gasteiger partial charge on any atom is 0.0594 e. The highest BCUT2D eigenvalue weighted by atomic mass is 16.5. The lowest BCUT2D eigenvalue weighted by molar-refractivity contribution is 0.0373. The average molecular weight is 276 g/mol. The average Bonchev–Trinajstić information content (AvgIpc) is 2.52. The molecule has 1 aromatic rings. The van der Waals surface area contributed by atoms with Crippen molar-refractivity contribution in [2.45, 2.75) is 32.2 Å². The van der Waals surface area contributed by atoms with Crippen LogP contribution in [0.1, 0.15) is 37.8 Å². The second-order valence-corrected chi connectivity index (χ2v) is 5.51. The van der Waals surface area contributed by atoms with E-state index < -0.39 is 0 Å². The number of nitrogens with zero attached hydrogens (tertiary/aromatic N) is 1. The number of nitrogens with one attached hydrogen (secondary N) is 1. The van der Waals surface area contributed by atoms with Gasteiger partial charge in [0.2, 0.25) is 0 Å². The first-order valence-corrected chi connectivity index (χ1v) is 7.98. The molecule has 1 N–H and O–H groups in total. The van der Waals surface area contributed by atoms with Crippen LogP contribution in [0.5, 0.6) is 0 Å². The van der Waals surface area contributed by atoms with Crippen LogP contribution in [0, 0.1) is 0 Å². The van der Waals surface area contributed by atoms with E-state index in [0.717, 1.165) is 32.8 Å². The molecule has 1 aromatic carbocycles. The van der Waals surface area contributed by atoms with Crippen molar-refractivity contribution in [3.8, 4) is 0 Å². The summed E-state index contributed by atoms with van der Waals surface area (Å²) in [7, 11) is 0. The molecule has 0 bridgehead atoms. The third-order valence-electron chi connectivity index (χ3n) is 3.92. The Hall–Kier alpha value is -0.900. The number of rotatable bonds is 8. The van der Waals surface area contributed by atoms with Gasteiger partial charge in [0.05, 0.1) is 13.2 Å². The van der Waals surface area contributed by atoms with Gasteiger partial charge < -0.3 is 10.1 Å². The van der Waals surface area contributed by atoms with E-state index in [1.165, 1.54) is 31.4 Å². The summed E-state index contributed by atoms with van der Waals surface area (Å²) in [5, 5.41) is 3.72. The van der Waals surface area contributed by atoms with E-state index in [0.29, 0.717) is 6.04 Å². The molecule has 1 aliphatic rings. The monoisotopic (exact) mass is 276 g/mol. The molecule has 0 aliphatic carbocycles. The lowest BCUT2D eigenvalue weighted by atomic mass is 10.0. The number of benzene rings is 1. The molecule has 1 atom stereocenters. The minimum atomic E-state index is 0.505. The molecule has 112 valence electrons. The Morgan fingerprint density at radius 2 is 1.95 bits per heavy atom. The van der Waals surface area contributed by atoms with E-state index in [4.69, 9.17) is 4.74 Å². The molecule has 1 aliphatic heterocycles. The number of hydrogen-bond donors (Lipinski definition) is 1. The van der Waals surface area contributed by atoms with Crippen LogP contribution >= 0.6 is 0 Å². The Morgan fingerprint density at radius 3 is 2.65 bits per heavy atom. The minimum absolute atomic E-state index is 0.505. The highest BCUT2D eigenvalue weighted by Gasteiger charge is 2.11. The number of morpholine rings is 1. The lowest BCUT2D eigenvalue weighted by Crippen LogP contribution is -2.38. The van der Waals surface area contributed by atoms with Gasteiger partial charge in [0.25, 0.3) is 0 Å². The van der Waals surface area contributed by atoms with E-state index >= 15 is 0 Å². The van der Waals surface area contributed by atoms with Gasteiger partial charge in [-0.3, -0.25) is 4.90 Å². The van der Waals surface area contributed by atoms with E-state index in [9.17, 15) is 0 Å². The highest BCUT2D eigenvalue weighted by molar-refractivity contribution is 5.18. The molecule has 3 nitrogen and oxygen atoms in total. The maximum atomic E-state index is 5.38. The summed E-state index contributed by atoms with van der Waals surface area (Å²) in [5.41, 5.74) is 1.42. The summed E-state index contributed by atoms with van der Waals surface area (Å²) in [6, 6.07) is 11.3. The van der Waals surface area contributed by atoms with E-state index in [2.05, 4.69) is 47.5 Å². The zero-order chi connectivity index (χ0) is 14.0. The Labute approximate surface area is 123 Å². The van der Waals surface area contributed by atoms with Gasteiger partial charge in [0.15, 0.2) is 0 Å². The van der Waals surface area contributed by atoms with Crippen LogP contribution in [-0.2, 0) is 4.74 Å². The minimum Gasteiger partial charge on any atom is -0.379 e. The van der Waals surface area contributed by atoms with Gasteiger partial charge in [0, 0.05) is 19.1 Å². The molecule has 0 aromatic heterocycles. The van der Waals surface area contributed by atoms with Crippen molar-refractivity contribution in [1.29, 1.82) is 0 Å². The Bertz CT molecular complexity index is 349. The first-order chi connectivity index (χ1) is 9.90. The smallest absolute Gasteiger partial charge is 0.0594 e. The van der Waals surface area contributed by atoms with Crippen molar-refractivity contribution < 1.29 is 4.74 Å². The van der Waals surface area contributed by atoms with Crippen molar-refractivity contribution in [1.82, 2.24) is 10.2 Å². The van der Waals surface area contributed by atoms with Crippen LogP contribution in [0.15, 0.2) is 30.3 Å². The van der Waals surface area contributed by atoms with Crippen molar-refractivity contribution in [2.75, 3.05) is 39.4 Å². The summed E-state index contributed by atoms with van der Waals surface area (Å²) in [4.78, 5) is 2.50. The molecule has 0 amide bonds. The molecule has 1 fully saturated rings. The van der Waals surface area contributed by atoms with Crippen LogP contribution < -0.4 is 5.32 Å². The molecule has 3 heteroatoms. The molecule has 0 radical (unpaired) electrons. The lowest BCUT2D eigenvalue weighted by Gasteiger charge is -2.27. The molecule has 1 heterocycles. The highest BCUT2D eigenvalue weighted by Crippen LogP contribution is 2.17. The SMILES string of the molecule is CCCC(NCCCN1CCOCC1)c1ccccc1. The van der Waals surface area contributed by atoms with Crippen LogP contribution in [0.2, 0.25) is 0 Å². The summed E-state index contributed by atoms with van der Waals surface area (Å²) >= 11 is 0. The number of ether oxygens (including phenoxy) is 1. The Balaban J connectivity index is 1.69. The van der Waals surface area contributed by atoms with Crippen molar-refractivity contribution in [3.63, 3.8) is 0 Å². The van der Waals surface area contributed by atoms with E-state index in [1.807, 2.05) is 0 Å². The zero-order valence-electron chi connectivity index (χ0n) is 12.7. The van der Waals surface area contributed by atoms with Gasteiger partial charge in [-0.25, -0.2) is 0 Å². The second kappa shape index (κ2) is 9.11. The Kier molecular flexibility index (Phi) is 7.06. The van der Waals surface area contributed by atoms with Crippen molar-refractivity contribution >= 4 is 0 Å². The van der Waals surface area contributed by atoms with Gasteiger partial charge in [-0.1, -0.05) is 43.7 Å². The molecule has 0 spiro atoms. The molecule has 20 heavy (non-hydrogen) atoms. The standard InChI is InChI=1S/C17H28N2O/c1-2-7-17(16-8-4-3-5-9-16)18-10-6-11-19-12-14-20-15-13-19/h3-5,8-9,17-18H,2,6-7,10-15H2,1H3. The Morgan fingerprint density at radius 1 is 1.20 bits per heavy atom. The van der Waals surface area contributed by atoms with Gasteiger partial charge in [0.1, 0.15) is 0 Å². The predicted octanol–water partition coefficient (Wildman–Crippen LogP) is 2.84. The van der Waals surface area contributed by atoms with E-state index in [1.54, 1.807) is 0 Å². The molecule has 2 rings (SSSR count). The fraction of sp³-hybridized carbons (Fsp3) is 0.647. The molecule has 0 saturated carbocycles. The normalized spacial score (nSPS) is 18.1. The summed E-state index contributed by atoms with van der Waals surface area (Å²) in [6.07, 6.45) is 3.64. The fourth-order valence-corrected chi connectivity index (χ4v) is 2.76. The van der Waals surface area contributed by atoms with Crippen LogP contribution in [0.4, 0.5) is 0 Å². The third-order valence-corrected chi connectivity index (χ3v) is 3.92. The molecule has 1 unspecified atom stereocenters. The van der Waals surface area contributed by atoms with Crippen molar-refractivity contribution in [3.05, 3.63) is 35.9 Å². The van der Waals surface area contributed by atoms with Gasteiger partial charge >= 0.3 is 0 Å². The topological polar surface area (TPSA) is 24.5 Å². The second-order valence-electron chi connectivity index (χ2n) is 5.51. The largest absolute Gasteiger partial charge is 0.379 e. The van der Waals surface area contributed by atoms with Crippen LogP contribution in [0.25, 0.3) is 0 Å². The van der Waals surface area contributed by atoms with Gasteiger partial charge in [-0.2, -0.15) is 0 Å². The van der Waals surface area contributed by atoms with Gasteiger partial charge in [-0.05, 0) is 31.5 Å². The quantitative estimate of drug-likeness (QED) is 0.739. The number of hydrogen-bond acceptors (Lipinski definition) is 3. The van der Waals surface area contributed by atoms with Crippen molar-refractivity contribution in [2.24, 2.45) is 0 Å². The van der Waals surface area contributed by atoms with Gasteiger partial charge in [-0.15, -0.1) is 0 Å². The van der Waals surface area contributed by atoms with E-state index in [-0.39, 0.29) is 0 Å². The predicted molar refractivity (Wildman–Crippen MR) is 84.0 cm³/mol. The first-order valence-electron chi connectivity index (χ1n) is 7.98. The summed E-state index contributed by atoms with van der Waals surface area (Å²) in [6.45, 7) is 8.52. The molecule has 1 saturated heterocycles. The fourth-order valence-electron chi connectivity index (χ4n) is 2.76.